The Bertz CT molecular complexity index is 717. The molecule has 120 valence electrons. The van der Waals surface area contributed by atoms with Gasteiger partial charge in [-0.3, -0.25) is 0 Å². The Balaban J connectivity index is 1.52. The van der Waals surface area contributed by atoms with Crippen molar-refractivity contribution in [1.82, 2.24) is 0 Å². The van der Waals surface area contributed by atoms with Gasteiger partial charge in [-0.25, -0.2) is 0 Å². The van der Waals surface area contributed by atoms with E-state index in [1.54, 1.807) is 0 Å². The van der Waals surface area contributed by atoms with Gasteiger partial charge in [-0.1, -0.05) is 43.3 Å². The van der Waals surface area contributed by atoms with Crippen LogP contribution in [0.25, 0.3) is 11.1 Å². The standard InChI is InChI=1S/C18H18B2O4/c1-12-17-10-13(19-21-6-7-22-19)2-4-15(17)16-5-3-14(11-18(12)16)20-23-8-9-24-20/h2-5,10-12H,6-9H2,1H3. The van der Waals surface area contributed by atoms with Gasteiger partial charge in [0.25, 0.3) is 0 Å². The highest BCUT2D eigenvalue weighted by molar-refractivity contribution is 6.62. The van der Waals surface area contributed by atoms with E-state index in [0.717, 1.165) is 10.9 Å². The zero-order chi connectivity index (χ0) is 16.1. The van der Waals surface area contributed by atoms with Crippen molar-refractivity contribution >= 4 is 25.2 Å². The molecule has 6 heteroatoms. The third kappa shape index (κ3) is 2.25. The van der Waals surface area contributed by atoms with E-state index in [2.05, 4.69) is 43.3 Å². The van der Waals surface area contributed by atoms with Gasteiger partial charge < -0.3 is 18.6 Å². The van der Waals surface area contributed by atoms with Gasteiger partial charge in [0.05, 0.1) is 26.4 Å². The van der Waals surface area contributed by atoms with Crippen LogP contribution in [0.3, 0.4) is 0 Å². The first kappa shape index (κ1) is 14.7. The van der Waals surface area contributed by atoms with E-state index >= 15 is 0 Å². The molecule has 0 bridgehead atoms. The van der Waals surface area contributed by atoms with Crippen molar-refractivity contribution in [2.24, 2.45) is 0 Å². The molecule has 0 aromatic heterocycles. The van der Waals surface area contributed by atoms with Gasteiger partial charge >= 0.3 is 14.2 Å². The SMILES string of the molecule is CC1c2cc(B3OCCO3)ccc2-c2ccc(B3OCCO3)cc21. The summed E-state index contributed by atoms with van der Waals surface area (Å²) >= 11 is 0. The van der Waals surface area contributed by atoms with E-state index in [-0.39, 0.29) is 14.2 Å². The smallest absolute Gasteiger partial charge is 0.405 e. The van der Waals surface area contributed by atoms with E-state index in [4.69, 9.17) is 18.6 Å². The molecule has 0 unspecified atom stereocenters. The van der Waals surface area contributed by atoms with E-state index in [0.29, 0.717) is 32.3 Å². The number of benzene rings is 2. The van der Waals surface area contributed by atoms with Gasteiger partial charge in [0, 0.05) is 5.92 Å². The summed E-state index contributed by atoms with van der Waals surface area (Å²) in [5, 5.41) is 0. The predicted octanol–water partition coefficient (Wildman–Crippen LogP) is 1.30. The summed E-state index contributed by atoms with van der Waals surface area (Å²) in [5.74, 6) is 0.345. The van der Waals surface area contributed by atoms with Crippen LogP contribution in [0.2, 0.25) is 0 Å². The first-order valence-corrected chi connectivity index (χ1v) is 8.56. The maximum absolute atomic E-state index is 5.64. The Kier molecular flexibility index (Phi) is 3.52. The highest BCUT2D eigenvalue weighted by Gasteiger charge is 2.33. The molecule has 2 fully saturated rings. The van der Waals surface area contributed by atoms with Crippen molar-refractivity contribution in [1.29, 1.82) is 0 Å². The minimum Gasteiger partial charge on any atom is -0.405 e. The maximum Gasteiger partial charge on any atom is 0.494 e. The molecular formula is C18H18B2O4. The van der Waals surface area contributed by atoms with Gasteiger partial charge in [-0.2, -0.15) is 0 Å². The molecule has 5 rings (SSSR count). The minimum atomic E-state index is -0.220. The lowest BCUT2D eigenvalue weighted by molar-refractivity contribution is 0.365. The van der Waals surface area contributed by atoms with Crippen molar-refractivity contribution in [3.05, 3.63) is 47.5 Å². The largest absolute Gasteiger partial charge is 0.494 e. The maximum atomic E-state index is 5.64. The highest BCUT2D eigenvalue weighted by atomic mass is 16.6. The summed E-state index contributed by atoms with van der Waals surface area (Å²) in [6.07, 6.45) is 0. The van der Waals surface area contributed by atoms with Crippen LogP contribution in [0.15, 0.2) is 36.4 Å². The molecule has 0 atom stereocenters. The summed E-state index contributed by atoms with van der Waals surface area (Å²) in [6, 6.07) is 13.1. The molecule has 0 spiro atoms. The van der Waals surface area contributed by atoms with E-state index in [1.807, 2.05) is 0 Å². The molecule has 2 saturated heterocycles. The first-order chi connectivity index (χ1) is 11.8. The molecule has 0 saturated carbocycles. The van der Waals surface area contributed by atoms with Crippen LogP contribution < -0.4 is 10.9 Å². The summed E-state index contributed by atoms with van der Waals surface area (Å²) in [7, 11) is -0.441. The molecule has 24 heavy (non-hydrogen) atoms. The van der Waals surface area contributed by atoms with Crippen molar-refractivity contribution < 1.29 is 18.6 Å². The fourth-order valence-electron chi connectivity index (χ4n) is 3.93. The van der Waals surface area contributed by atoms with Gasteiger partial charge in [-0.05, 0) is 33.2 Å². The predicted molar refractivity (Wildman–Crippen MR) is 94.0 cm³/mol. The zero-order valence-corrected chi connectivity index (χ0v) is 13.7. The molecule has 2 heterocycles. The minimum absolute atomic E-state index is 0.220. The average Bonchev–Trinajstić information content (AvgIpc) is 3.36. The quantitative estimate of drug-likeness (QED) is 0.782. The van der Waals surface area contributed by atoms with Crippen LogP contribution in [0.5, 0.6) is 0 Å². The molecule has 2 aromatic rings. The number of hydrogen-bond acceptors (Lipinski definition) is 4. The molecule has 0 amide bonds. The summed E-state index contributed by atoms with van der Waals surface area (Å²) in [5.41, 5.74) is 7.50. The third-order valence-corrected chi connectivity index (χ3v) is 5.16. The van der Waals surface area contributed by atoms with E-state index in [1.165, 1.54) is 22.3 Å². The van der Waals surface area contributed by atoms with Crippen molar-refractivity contribution in [3.8, 4) is 11.1 Å². The van der Waals surface area contributed by atoms with Crippen molar-refractivity contribution in [3.63, 3.8) is 0 Å². The van der Waals surface area contributed by atoms with Gasteiger partial charge in [0.1, 0.15) is 0 Å². The molecule has 2 aromatic carbocycles. The van der Waals surface area contributed by atoms with Gasteiger partial charge in [0.2, 0.25) is 0 Å². The molecule has 0 radical (unpaired) electrons. The second-order valence-electron chi connectivity index (χ2n) is 6.56. The lowest BCUT2D eigenvalue weighted by atomic mass is 9.77. The number of rotatable bonds is 2. The van der Waals surface area contributed by atoms with Crippen LogP contribution in [0, 0.1) is 0 Å². The zero-order valence-electron chi connectivity index (χ0n) is 13.7. The molecule has 2 aliphatic heterocycles. The van der Waals surface area contributed by atoms with Crippen LogP contribution in [-0.4, -0.2) is 40.7 Å². The van der Waals surface area contributed by atoms with Crippen LogP contribution in [0.1, 0.15) is 24.0 Å². The molecule has 1 aliphatic carbocycles. The van der Waals surface area contributed by atoms with E-state index < -0.39 is 0 Å². The fraction of sp³-hybridized carbons (Fsp3) is 0.333. The monoisotopic (exact) mass is 320 g/mol. The lowest BCUT2D eigenvalue weighted by Crippen LogP contribution is -2.32. The van der Waals surface area contributed by atoms with Crippen molar-refractivity contribution in [2.45, 2.75) is 12.8 Å². The van der Waals surface area contributed by atoms with Crippen LogP contribution in [0.4, 0.5) is 0 Å². The first-order valence-electron chi connectivity index (χ1n) is 8.56. The van der Waals surface area contributed by atoms with Crippen LogP contribution >= 0.6 is 0 Å². The van der Waals surface area contributed by atoms with Gasteiger partial charge in [0.15, 0.2) is 0 Å². The van der Waals surface area contributed by atoms with Gasteiger partial charge in [-0.15, -0.1) is 0 Å². The summed E-state index contributed by atoms with van der Waals surface area (Å²) in [4.78, 5) is 0. The lowest BCUT2D eigenvalue weighted by Gasteiger charge is -2.11. The Labute approximate surface area is 142 Å². The van der Waals surface area contributed by atoms with Crippen molar-refractivity contribution in [2.75, 3.05) is 26.4 Å². The average molecular weight is 320 g/mol. The van der Waals surface area contributed by atoms with Crippen LogP contribution in [-0.2, 0) is 18.6 Å². The Morgan fingerprint density at radius 2 is 1.12 bits per heavy atom. The topological polar surface area (TPSA) is 36.9 Å². The normalized spacial score (nSPS) is 19.9. The number of hydrogen-bond donors (Lipinski definition) is 0. The van der Waals surface area contributed by atoms with E-state index in [9.17, 15) is 0 Å². The second-order valence-corrected chi connectivity index (χ2v) is 6.56. The third-order valence-electron chi connectivity index (χ3n) is 5.16. The Morgan fingerprint density at radius 1 is 0.708 bits per heavy atom. The summed E-state index contributed by atoms with van der Waals surface area (Å²) < 4.78 is 22.6. The summed E-state index contributed by atoms with van der Waals surface area (Å²) in [6.45, 7) is 4.93. The Hall–Kier alpha value is -1.59. The fourth-order valence-corrected chi connectivity index (χ4v) is 3.93. The second kappa shape index (κ2) is 5.74. The highest BCUT2D eigenvalue weighted by Crippen LogP contribution is 2.43. The number of fused-ring (bicyclic) bond motifs is 3. The molecule has 3 aliphatic rings. The Morgan fingerprint density at radius 3 is 1.54 bits per heavy atom. The molecule has 4 nitrogen and oxygen atoms in total. The molecule has 0 N–H and O–H groups in total. The molecular weight excluding hydrogens is 302 g/mol.